The quantitative estimate of drug-likeness (QED) is 0.864. The number of hydrogen-bond acceptors (Lipinski definition) is 4. The lowest BCUT2D eigenvalue weighted by Crippen LogP contribution is -2.38. The Morgan fingerprint density at radius 2 is 2.10 bits per heavy atom. The van der Waals surface area contributed by atoms with Gasteiger partial charge >= 0.3 is 5.97 Å². The average molecular weight is 276 g/mol. The zero-order valence-electron chi connectivity index (χ0n) is 11.5. The van der Waals surface area contributed by atoms with Gasteiger partial charge in [0.05, 0.1) is 23.0 Å². The van der Waals surface area contributed by atoms with E-state index in [1.807, 2.05) is 13.8 Å². The van der Waals surface area contributed by atoms with Crippen LogP contribution in [0.1, 0.15) is 24.2 Å². The Morgan fingerprint density at radius 3 is 2.70 bits per heavy atom. The van der Waals surface area contributed by atoms with Crippen LogP contribution >= 0.6 is 0 Å². The highest BCUT2D eigenvalue weighted by molar-refractivity contribution is 5.92. The summed E-state index contributed by atoms with van der Waals surface area (Å²) in [6.45, 7) is 3.98. The van der Waals surface area contributed by atoms with Gasteiger partial charge in [-0.1, -0.05) is 5.21 Å². The minimum Gasteiger partial charge on any atom is -0.478 e. The number of aromatic carboxylic acids is 1. The molecule has 0 spiro atoms. The van der Waals surface area contributed by atoms with Crippen molar-refractivity contribution in [2.45, 2.75) is 20.4 Å². The summed E-state index contributed by atoms with van der Waals surface area (Å²) in [5.74, 6) is -1.10. The third-order valence-electron chi connectivity index (χ3n) is 3.15. The van der Waals surface area contributed by atoms with Crippen LogP contribution in [0.4, 0.5) is 0 Å². The SMILES string of the molecule is CNC(=O)C(C)(C)Cn1nnc2cc(C(=O)O)ccc21. The minimum atomic E-state index is -1.01. The second-order valence-electron chi connectivity index (χ2n) is 5.22. The van der Waals surface area contributed by atoms with Crippen LogP contribution in [0.15, 0.2) is 18.2 Å². The summed E-state index contributed by atoms with van der Waals surface area (Å²) in [6, 6.07) is 4.62. The van der Waals surface area contributed by atoms with Gasteiger partial charge in [0.15, 0.2) is 0 Å². The van der Waals surface area contributed by atoms with E-state index in [-0.39, 0.29) is 11.5 Å². The number of carbonyl (C=O) groups is 2. The monoisotopic (exact) mass is 276 g/mol. The number of amides is 1. The maximum atomic E-state index is 11.8. The summed E-state index contributed by atoms with van der Waals surface area (Å²) in [5.41, 5.74) is 0.723. The first-order valence-corrected chi connectivity index (χ1v) is 6.14. The van der Waals surface area contributed by atoms with Crippen LogP contribution < -0.4 is 5.32 Å². The summed E-state index contributed by atoms with van der Waals surface area (Å²) in [5, 5.41) is 19.5. The van der Waals surface area contributed by atoms with Crippen molar-refractivity contribution in [1.82, 2.24) is 20.3 Å². The van der Waals surface area contributed by atoms with Gasteiger partial charge < -0.3 is 10.4 Å². The van der Waals surface area contributed by atoms with Crippen molar-refractivity contribution in [1.29, 1.82) is 0 Å². The molecule has 106 valence electrons. The fourth-order valence-corrected chi connectivity index (χ4v) is 2.01. The first kappa shape index (κ1) is 14.0. The Morgan fingerprint density at radius 1 is 1.40 bits per heavy atom. The molecule has 0 aliphatic carbocycles. The van der Waals surface area contributed by atoms with Crippen LogP contribution in [0.2, 0.25) is 0 Å². The third-order valence-corrected chi connectivity index (χ3v) is 3.15. The molecule has 20 heavy (non-hydrogen) atoms. The van der Waals surface area contributed by atoms with Crippen molar-refractivity contribution in [3.05, 3.63) is 23.8 Å². The Bertz CT molecular complexity index is 675. The molecule has 0 bridgehead atoms. The highest BCUT2D eigenvalue weighted by Gasteiger charge is 2.28. The van der Waals surface area contributed by atoms with Gasteiger partial charge in [-0.25, -0.2) is 9.48 Å². The number of carboxylic acids is 1. The third kappa shape index (κ3) is 2.47. The lowest BCUT2D eigenvalue weighted by Gasteiger charge is -2.22. The molecule has 2 rings (SSSR count). The van der Waals surface area contributed by atoms with E-state index in [2.05, 4.69) is 15.6 Å². The van der Waals surface area contributed by atoms with Gasteiger partial charge in [-0.2, -0.15) is 0 Å². The molecule has 0 radical (unpaired) electrons. The van der Waals surface area contributed by atoms with Crippen molar-refractivity contribution in [3.63, 3.8) is 0 Å². The highest BCUT2D eigenvalue weighted by Crippen LogP contribution is 2.21. The molecule has 1 amide bonds. The molecule has 0 saturated carbocycles. The molecule has 1 aromatic heterocycles. The van der Waals surface area contributed by atoms with Crippen LogP contribution in [0.25, 0.3) is 11.0 Å². The smallest absolute Gasteiger partial charge is 0.335 e. The molecular formula is C13H16N4O3. The Hall–Kier alpha value is -2.44. The van der Waals surface area contributed by atoms with Crippen LogP contribution in [0.3, 0.4) is 0 Å². The number of carboxylic acid groups (broad SMARTS) is 1. The van der Waals surface area contributed by atoms with Gasteiger partial charge in [0.2, 0.25) is 5.91 Å². The van der Waals surface area contributed by atoms with Crippen molar-refractivity contribution in [2.75, 3.05) is 7.05 Å². The number of rotatable bonds is 4. The van der Waals surface area contributed by atoms with Crippen LogP contribution in [-0.2, 0) is 11.3 Å². The van der Waals surface area contributed by atoms with E-state index in [1.165, 1.54) is 12.1 Å². The molecule has 1 heterocycles. The second-order valence-corrected chi connectivity index (χ2v) is 5.22. The molecule has 0 aliphatic rings. The summed E-state index contributed by atoms with van der Waals surface area (Å²) in [4.78, 5) is 22.7. The fourth-order valence-electron chi connectivity index (χ4n) is 2.01. The van der Waals surface area contributed by atoms with Crippen molar-refractivity contribution < 1.29 is 14.7 Å². The van der Waals surface area contributed by atoms with Crippen LogP contribution in [0, 0.1) is 5.41 Å². The van der Waals surface area contributed by atoms with Gasteiger partial charge in [-0.15, -0.1) is 5.10 Å². The molecule has 0 saturated heterocycles. The van der Waals surface area contributed by atoms with E-state index in [0.29, 0.717) is 17.6 Å². The van der Waals surface area contributed by atoms with Crippen molar-refractivity contribution >= 4 is 22.9 Å². The molecule has 0 fully saturated rings. The highest BCUT2D eigenvalue weighted by atomic mass is 16.4. The number of aromatic nitrogens is 3. The normalized spacial score (nSPS) is 11.6. The number of carbonyl (C=O) groups excluding carboxylic acids is 1. The fraction of sp³-hybridized carbons (Fsp3) is 0.385. The number of hydrogen-bond donors (Lipinski definition) is 2. The standard InChI is InChI=1S/C13H16N4O3/c1-13(2,12(20)14-3)7-17-10-5-4-8(11(18)19)6-9(10)15-16-17/h4-6H,7H2,1-3H3,(H,14,20)(H,18,19). The Labute approximate surface area is 115 Å². The van der Waals surface area contributed by atoms with Gasteiger partial charge in [-0.05, 0) is 32.0 Å². The molecule has 7 heteroatoms. The zero-order chi connectivity index (χ0) is 14.9. The van der Waals surface area contributed by atoms with E-state index < -0.39 is 11.4 Å². The van der Waals surface area contributed by atoms with E-state index in [0.717, 1.165) is 0 Å². The molecule has 2 N–H and O–H groups in total. The van der Waals surface area contributed by atoms with Crippen molar-refractivity contribution in [3.8, 4) is 0 Å². The number of fused-ring (bicyclic) bond motifs is 1. The summed E-state index contributed by atoms with van der Waals surface area (Å²) in [7, 11) is 1.59. The van der Waals surface area contributed by atoms with Gasteiger partial charge in [-0.3, -0.25) is 4.79 Å². The topological polar surface area (TPSA) is 97.1 Å². The van der Waals surface area contributed by atoms with E-state index >= 15 is 0 Å². The van der Waals surface area contributed by atoms with E-state index in [9.17, 15) is 9.59 Å². The van der Waals surface area contributed by atoms with Gasteiger partial charge in [0.1, 0.15) is 5.52 Å². The molecule has 2 aromatic rings. The predicted octanol–water partition coefficient (Wildman–Crippen LogP) is 0.902. The maximum Gasteiger partial charge on any atom is 0.335 e. The summed E-state index contributed by atoms with van der Waals surface area (Å²) >= 11 is 0. The zero-order valence-corrected chi connectivity index (χ0v) is 11.5. The predicted molar refractivity (Wildman–Crippen MR) is 72.3 cm³/mol. The van der Waals surface area contributed by atoms with Gasteiger partial charge in [0, 0.05) is 7.05 Å². The average Bonchev–Trinajstić information content (AvgIpc) is 2.79. The number of nitrogens with one attached hydrogen (secondary N) is 1. The lowest BCUT2D eigenvalue weighted by atomic mass is 9.92. The second kappa shape index (κ2) is 4.92. The molecule has 7 nitrogen and oxygen atoms in total. The molecule has 0 unspecified atom stereocenters. The summed E-state index contributed by atoms with van der Waals surface area (Å²) in [6.07, 6.45) is 0. The lowest BCUT2D eigenvalue weighted by molar-refractivity contribution is -0.129. The molecular weight excluding hydrogens is 260 g/mol. The first-order valence-electron chi connectivity index (χ1n) is 6.14. The Kier molecular flexibility index (Phi) is 3.44. The number of nitrogens with zero attached hydrogens (tertiary/aromatic N) is 3. The van der Waals surface area contributed by atoms with E-state index in [1.54, 1.807) is 17.8 Å². The molecule has 0 aliphatic heterocycles. The minimum absolute atomic E-state index is 0.0942. The Balaban J connectivity index is 2.37. The maximum absolute atomic E-state index is 11.8. The van der Waals surface area contributed by atoms with Crippen LogP contribution in [-0.4, -0.2) is 39.0 Å². The van der Waals surface area contributed by atoms with Crippen molar-refractivity contribution in [2.24, 2.45) is 5.41 Å². The van der Waals surface area contributed by atoms with E-state index in [4.69, 9.17) is 5.11 Å². The van der Waals surface area contributed by atoms with Crippen LogP contribution in [0.5, 0.6) is 0 Å². The molecule has 0 atom stereocenters. The largest absolute Gasteiger partial charge is 0.478 e. The summed E-state index contributed by atoms with van der Waals surface area (Å²) < 4.78 is 1.61. The number of benzene rings is 1. The van der Waals surface area contributed by atoms with Gasteiger partial charge in [0.25, 0.3) is 0 Å². The molecule has 1 aromatic carbocycles. The first-order chi connectivity index (χ1) is 9.35.